The van der Waals surface area contributed by atoms with Crippen molar-refractivity contribution in [1.82, 2.24) is 10.3 Å². The fourth-order valence-corrected chi connectivity index (χ4v) is 3.63. The zero-order valence-electron chi connectivity index (χ0n) is 18.5. The Morgan fingerprint density at radius 3 is 2.31 bits per heavy atom. The lowest BCUT2D eigenvalue weighted by molar-refractivity contribution is -0.117. The normalized spacial score (nSPS) is 17.9. The van der Waals surface area contributed by atoms with Crippen molar-refractivity contribution in [1.29, 1.82) is 5.26 Å². The number of benzene rings is 1. The van der Waals surface area contributed by atoms with Crippen LogP contribution in [0.25, 0.3) is 6.08 Å². The Labute approximate surface area is 187 Å². The summed E-state index contributed by atoms with van der Waals surface area (Å²) in [6, 6.07) is 9.10. The topological polar surface area (TPSA) is 103 Å². The van der Waals surface area contributed by atoms with Crippen LogP contribution < -0.4 is 24.3 Å². The van der Waals surface area contributed by atoms with Gasteiger partial charge in [0.1, 0.15) is 12.2 Å². The summed E-state index contributed by atoms with van der Waals surface area (Å²) < 4.78 is 21.9. The largest absolute Gasteiger partial charge is 0.493 e. The lowest BCUT2D eigenvalue weighted by atomic mass is 9.93. The fourth-order valence-electron chi connectivity index (χ4n) is 3.63. The van der Waals surface area contributed by atoms with Crippen LogP contribution in [0.1, 0.15) is 36.8 Å². The van der Waals surface area contributed by atoms with E-state index in [1.807, 2.05) is 6.07 Å². The van der Waals surface area contributed by atoms with Crippen LogP contribution in [0.4, 0.5) is 0 Å². The molecule has 8 nitrogen and oxygen atoms in total. The molecule has 0 atom stereocenters. The molecule has 1 aromatic carbocycles. The summed E-state index contributed by atoms with van der Waals surface area (Å²) in [7, 11) is 4.65. The van der Waals surface area contributed by atoms with Crippen molar-refractivity contribution in [2.75, 3.05) is 21.3 Å². The number of pyridine rings is 1. The Hall–Kier alpha value is -3.73. The van der Waals surface area contributed by atoms with E-state index < -0.39 is 0 Å². The molecule has 1 aromatic heterocycles. The van der Waals surface area contributed by atoms with E-state index in [0.717, 1.165) is 31.2 Å². The molecule has 1 N–H and O–H groups in total. The van der Waals surface area contributed by atoms with Gasteiger partial charge in [0.15, 0.2) is 11.5 Å². The zero-order chi connectivity index (χ0) is 22.9. The highest BCUT2D eigenvalue weighted by atomic mass is 16.5. The Kier molecular flexibility index (Phi) is 7.92. The minimum Gasteiger partial charge on any atom is -0.493 e. The molecule has 32 heavy (non-hydrogen) atoms. The quantitative estimate of drug-likeness (QED) is 0.631. The van der Waals surface area contributed by atoms with Gasteiger partial charge in [0.25, 0.3) is 0 Å². The first-order valence-corrected chi connectivity index (χ1v) is 10.4. The molecular formula is C24H27N3O5. The number of aromatic nitrogens is 1. The molecule has 0 radical (unpaired) electrons. The number of nitriles is 1. The third-order valence-corrected chi connectivity index (χ3v) is 5.29. The summed E-state index contributed by atoms with van der Waals surface area (Å²) in [5.74, 6) is 1.93. The standard InChI is InChI=1S/C24H27N3O5/c1-29-20-12-16(13-21(30-2)24(20)31-3)4-10-22(28)27-18-6-8-19(9-7-18)32-23-11-5-17(14-25)15-26-23/h4-5,10-13,15,18-19H,6-9H2,1-3H3,(H,27,28)/b10-4+. The van der Waals surface area contributed by atoms with E-state index in [1.165, 1.54) is 12.3 Å². The fraction of sp³-hybridized carbons (Fsp3) is 0.375. The predicted molar refractivity (Wildman–Crippen MR) is 119 cm³/mol. The molecular weight excluding hydrogens is 410 g/mol. The molecule has 0 saturated heterocycles. The second kappa shape index (κ2) is 11.0. The van der Waals surface area contributed by atoms with E-state index in [2.05, 4.69) is 10.3 Å². The molecule has 168 valence electrons. The maximum Gasteiger partial charge on any atom is 0.244 e. The minimum atomic E-state index is -0.156. The van der Waals surface area contributed by atoms with E-state index >= 15 is 0 Å². The van der Waals surface area contributed by atoms with Gasteiger partial charge in [0, 0.05) is 24.4 Å². The van der Waals surface area contributed by atoms with Gasteiger partial charge in [-0.2, -0.15) is 5.26 Å². The van der Waals surface area contributed by atoms with Gasteiger partial charge in [-0.15, -0.1) is 0 Å². The number of hydrogen-bond donors (Lipinski definition) is 1. The van der Waals surface area contributed by atoms with Gasteiger partial charge in [-0.1, -0.05) is 0 Å². The molecule has 0 bridgehead atoms. The van der Waals surface area contributed by atoms with Crippen molar-refractivity contribution < 1.29 is 23.7 Å². The number of amides is 1. The number of ether oxygens (including phenoxy) is 4. The molecule has 0 unspecified atom stereocenters. The van der Waals surface area contributed by atoms with E-state index in [9.17, 15) is 4.79 Å². The van der Waals surface area contributed by atoms with E-state index in [-0.39, 0.29) is 18.1 Å². The Bertz CT molecular complexity index is 965. The molecule has 1 amide bonds. The van der Waals surface area contributed by atoms with E-state index in [1.54, 1.807) is 51.7 Å². The van der Waals surface area contributed by atoms with Gasteiger partial charge in [0.2, 0.25) is 17.5 Å². The molecule has 0 spiro atoms. The van der Waals surface area contributed by atoms with Crippen molar-refractivity contribution >= 4 is 12.0 Å². The van der Waals surface area contributed by atoms with Gasteiger partial charge < -0.3 is 24.3 Å². The Balaban J connectivity index is 1.50. The first kappa shape index (κ1) is 22.9. The highest BCUT2D eigenvalue weighted by Crippen LogP contribution is 2.38. The van der Waals surface area contributed by atoms with Crippen LogP contribution in [-0.2, 0) is 4.79 Å². The number of hydrogen-bond acceptors (Lipinski definition) is 7. The molecule has 1 saturated carbocycles. The molecule has 1 heterocycles. The third kappa shape index (κ3) is 5.91. The summed E-state index contributed by atoms with van der Waals surface area (Å²) in [6.45, 7) is 0. The molecule has 1 aliphatic rings. The van der Waals surface area contributed by atoms with Crippen molar-refractivity contribution in [3.63, 3.8) is 0 Å². The maximum absolute atomic E-state index is 12.4. The van der Waals surface area contributed by atoms with Crippen LogP contribution in [-0.4, -0.2) is 44.4 Å². The van der Waals surface area contributed by atoms with Crippen molar-refractivity contribution in [3.8, 4) is 29.2 Å². The maximum atomic E-state index is 12.4. The number of nitrogens with one attached hydrogen (secondary N) is 1. The number of methoxy groups -OCH3 is 3. The second-order valence-electron chi connectivity index (χ2n) is 7.39. The van der Waals surface area contributed by atoms with E-state index in [4.69, 9.17) is 24.2 Å². The van der Waals surface area contributed by atoms with Crippen molar-refractivity contribution in [2.45, 2.75) is 37.8 Å². The first-order valence-electron chi connectivity index (χ1n) is 10.4. The number of nitrogens with zero attached hydrogens (tertiary/aromatic N) is 2. The summed E-state index contributed by atoms with van der Waals surface area (Å²) in [4.78, 5) is 16.5. The molecule has 1 aliphatic carbocycles. The molecule has 8 heteroatoms. The van der Waals surface area contributed by atoms with Gasteiger partial charge in [-0.05, 0) is 55.5 Å². The van der Waals surface area contributed by atoms with Gasteiger partial charge >= 0.3 is 0 Å². The van der Waals surface area contributed by atoms with Crippen LogP contribution in [0.15, 0.2) is 36.5 Å². The van der Waals surface area contributed by atoms with Crippen LogP contribution >= 0.6 is 0 Å². The zero-order valence-corrected chi connectivity index (χ0v) is 18.5. The monoisotopic (exact) mass is 437 g/mol. The van der Waals surface area contributed by atoms with Crippen LogP contribution in [0.5, 0.6) is 23.1 Å². The minimum absolute atomic E-state index is 0.0540. The van der Waals surface area contributed by atoms with Crippen LogP contribution in [0, 0.1) is 11.3 Å². The van der Waals surface area contributed by atoms with Crippen molar-refractivity contribution in [3.05, 3.63) is 47.7 Å². The SMILES string of the molecule is COc1cc(/C=C/C(=O)NC2CCC(Oc3ccc(C#N)cn3)CC2)cc(OC)c1OC. The van der Waals surface area contributed by atoms with Crippen LogP contribution in [0.2, 0.25) is 0 Å². The summed E-state index contributed by atoms with van der Waals surface area (Å²) in [5.41, 5.74) is 1.27. The second-order valence-corrected chi connectivity index (χ2v) is 7.39. The van der Waals surface area contributed by atoms with Gasteiger partial charge in [-0.25, -0.2) is 4.98 Å². The predicted octanol–water partition coefficient (Wildman–Crippen LogP) is 3.50. The Morgan fingerprint density at radius 2 is 1.78 bits per heavy atom. The number of carbonyl (C=O) groups excluding carboxylic acids is 1. The lowest BCUT2D eigenvalue weighted by Crippen LogP contribution is -2.39. The smallest absolute Gasteiger partial charge is 0.244 e. The molecule has 1 fully saturated rings. The average Bonchev–Trinajstić information content (AvgIpc) is 2.83. The van der Waals surface area contributed by atoms with Gasteiger partial charge in [0.05, 0.1) is 26.9 Å². The number of carbonyl (C=O) groups is 1. The highest BCUT2D eigenvalue weighted by molar-refractivity contribution is 5.92. The average molecular weight is 437 g/mol. The van der Waals surface area contributed by atoms with Crippen LogP contribution in [0.3, 0.4) is 0 Å². The lowest BCUT2D eigenvalue weighted by Gasteiger charge is -2.28. The highest BCUT2D eigenvalue weighted by Gasteiger charge is 2.23. The molecule has 3 rings (SSSR count). The summed E-state index contributed by atoms with van der Waals surface area (Å²) in [5, 5.41) is 11.9. The summed E-state index contributed by atoms with van der Waals surface area (Å²) in [6.07, 6.45) is 8.07. The molecule has 0 aliphatic heterocycles. The third-order valence-electron chi connectivity index (χ3n) is 5.29. The Morgan fingerprint density at radius 1 is 1.09 bits per heavy atom. The number of rotatable bonds is 8. The van der Waals surface area contributed by atoms with Crippen molar-refractivity contribution in [2.24, 2.45) is 0 Å². The first-order chi connectivity index (χ1) is 15.6. The molecule has 2 aromatic rings. The van der Waals surface area contributed by atoms with E-state index in [0.29, 0.717) is 28.7 Å². The van der Waals surface area contributed by atoms with Gasteiger partial charge in [-0.3, -0.25) is 4.79 Å². The summed E-state index contributed by atoms with van der Waals surface area (Å²) >= 11 is 0.